The fraction of sp³-hybridized carbons (Fsp3) is 0.133. The predicted octanol–water partition coefficient (Wildman–Crippen LogP) is 2.04. The average molecular weight is 405 g/mol. The highest BCUT2D eigenvalue weighted by Gasteiger charge is 2.24. The highest BCUT2D eigenvalue weighted by molar-refractivity contribution is 7.91. The molecule has 0 aromatic heterocycles. The maximum atomic E-state index is 12.8. The van der Waals surface area contributed by atoms with Crippen molar-refractivity contribution in [3.05, 3.63) is 47.5 Å². The Morgan fingerprint density at radius 2 is 1.60 bits per heavy atom. The summed E-state index contributed by atoms with van der Waals surface area (Å²) >= 11 is 5.84. The molecule has 134 valence electrons. The minimum Gasteiger partial charge on any atom is -0.481 e. The number of hydrogen-bond donors (Lipinski definition) is 1. The van der Waals surface area contributed by atoms with Crippen LogP contribution in [0.25, 0.3) is 0 Å². The van der Waals surface area contributed by atoms with E-state index in [1.54, 1.807) is 0 Å². The lowest BCUT2D eigenvalue weighted by molar-refractivity contribution is -0.139. The Hall–Kier alpha value is -2.10. The van der Waals surface area contributed by atoms with Crippen LogP contribution in [0.4, 0.5) is 0 Å². The van der Waals surface area contributed by atoms with Crippen LogP contribution in [0.2, 0.25) is 5.02 Å². The van der Waals surface area contributed by atoms with Crippen LogP contribution in [-0.4, -0.2) is 40.8 Å². The van der Waals surface area contributed by atoms with Gasteiger partial charge in [0.15, 0.2) is 16.4 Å². The van der Waals surface area contributed by atoms with E-state index in [9.17, 15) is 21.6 Å². The van der Waals surface area contributed by atoms with Gasteiger partial charge in [0.1, 0.15) is 10.6 Å². The molecule has 0 aliphatic carbocycles. The van der Waals surface area contributed by atoms with Crippen LogP contribution in [0.15, 0.2) is 57.2 Å². The first-order valence-electron chi connectivity index (χ1n) is 6.71. The first-order chi connectivity index (χ1) is 11.5. The second-order valence-corrected chi connectivity index (χ2v) is 9.39. The molecule has 0 spiro atoms. The molecule has 0 bridgehead atoms. The standard InChI is InChI=1S/C15H13ClO7S2/c1-24(19,20)11-3-5-12(6-4-11)25(21,22)14-8-10(16)2-7-13(14)23-9-15(17)18/h2-8H,9H2,1H3,(H,17,18). The van der Waals surface area contributed by atoms with Gasteiger partial charge in [-0.15, -0.1) is 0 Å². The molecule has 7 nitrogen and oxygen atoms in total. The summed E-state index contributed by atoms with van der Waals surface area (Å²) in [6.07, 6.45) is 1.01. The van der Waals surface area contributed by atoms with E-state index in [-0.39, 0.29) is 25.5 Å². The van der Waals surface area contributed by atoms with E-state index in [0.717, 1.165) is 24.5 Å². The summed E-state index contributed by atoms with van der Waals surface area (Å²) in [5, 5.41) is 8.81. The van der Waals surface area contributed by atoms with Gasteiger partial charge in [-0.3, -0.25) is 0 Å². The number of halogens is 1. The molecule has 0 saturated carbocycles. The van der Waals surface area contributed by atoms with E-state index in [0.29, 0.717) is 0 Å². The quantitative estimate of drug-likeness (QED) is 0.783. The van der Waals surface area contributed by atoms with Crippen molar-refractivity contribution >= 4 is 37.2 Å². The molecule has 25 heavy (non-hydrogen) atoms. The van der Waals surface area contributed by atoms with E-state index in [2.05, 4.69) is 0 Å². The summed E-state index contributed by atoms with van der Waals surface area (Å²) in [4.78, 5) is 10.1. The molecular formula is C15H13ClO7S2. The topological polar surface area (TPSA) is 115 Å². The van der Waals surface area contributed by atoms with E-state index in [1.807, 2.05) is 0 Å². The Kier molecular flexibility index (Phi) is 5.40. The van der Waals surface area contributed by atoms with Gasteiger partial charge in [-0.2, -0.15) is 0 Å². The second-order valence-electron chi connectivity index (χ2n) is 5.02. The number of carboxylic acids is 1. The predicted molar refractivity (Wildman–Crippen MR) is 89.6 cm³/mol. The van der Waals surface area contributed by atoms with Gasteiger partial charge in [0.05, 0.1) is 9.79 Å². The zero-order valence-corrected chi connectivity index (χ0v) is 15.2. The summed E-state index contributed by atoms with van der Waals surface area (Å²) in [7, 11) is -7.57. The summed E-state index contributed by atoms with van der Waals surface area (Å²) in [6.45, 7) is -0.725. The van der Waals surface area contributed by atoms with Crippen molar-refractivity contribution in [3.63, 3.8) is 0 Å². The van der Waals surface area contributed by atoms with Gasteiger partial charge in [0, 0.05) is 11.3 Å². The minimum atomic E-state index is -4.10. The summed E-state index contributed by atoms with van der Waals surface area (Å²) in [5.41, 5.74) is 0. The smallest absolute Gasteiger partial charge is 0.341 e. The zero-order valence-electron chi connectivity index (χ0n) is 12.8. The van der Waals surface area contributed by atoms with Crippen LogP contribution in [0.1, 0.15) is 0 Å². The third-order valence-corrected chi connectivity index (χ3v) is 6.26. The van der Waals surface area contributed by atoms with Crippen LogP contribution < -0.4 is 4.74 Å². The number of carboxylic acid groups (broad SMARTS) is 1. The van der Waals surface area contributed by atoms with E-state index >= 15 is 0 Å². The van der Waals surface area contributed by atoms with Gasteiger partial charge in [0.2, 0.25) is 9.84 Å². The number of ether oxygens (including phenoxy) is 1. The maximum absolute atomic E-state index is 12.8. The van der Waals surface area contributed by atoms with E-state index < -0.39 is 32.3 Å². The monoisotopic (exact) mass is 404 g/mol. The molecule has 0 radical (unpaired) electrons. The van der Waals surface area contributed by atoms with Gasteiger partial charge in [-0.25, -0.2) is 21.6 Å². The molecule has 0 aliphatic heterocycles. The third-order valence-electron chi connectivity index (χ3n) is 3.11. The van der Waals surface area contributed by atoms with Crippen molar-refractivity contribution in [2.75, 3.05) is 12.9 Å². The molecule has 10 heteroatoms. The van der Waals surface area contributed by atoms with Crippen LogP contribution in [0, 0.1) is 0 Å². The molecule has 2 aromatic carbocycles. The maximum Gasteiger partial charge on any atom is 0.341 e. The lowest BCUT2D eigenvalue weighted by Crippen LogP contribution is -2.12. The summed E-state index contributed by atoms with van der Waals surface area (Å²) in [6, 6.07) is 8.39. The van der Waals surface area contributed by atoms with Crippen molar-refractivity contribution < 1.29 is 31.5 Å². The Morgan fingerprint density at radius 3 is 2.12 bits per heavy atom. The zero-order chi connectivity index (χ0) is 18.8. The number of benzene rings is 2. The van der Waals surface area contributed by atoms with Gasteiger partial charge in [-0.1, -0.05) is 11.6 Å². The van der Waals surface area contributed by atoms with Gasteiger partial charge in [-0.05, 0) is 42.5 Å². The van der Waals surface area contributed by atoms with Crippen molar-refractivity contribution in [1.82, 2.24) is 0 Å². The average Bonchev–Trinajstić information content (AvgIpc) is 2.52. The highest BCUT2D eigenvalue weighted by atomic mass is 35.5. The molecule has 1 N–H and O–H groups in total. The Balaban J connectivity index is 2.52. The third kappa shape index (κ3) is 4.50. The molecule has 0 fully saturated rings. The van der Waals surface area contributed by atoms with Crippen LogP contribution in [0.5, 0.6) is 5.75 Å². The van der Waals surface area contributed by atoms with Crippen molar-refractivity contribution in [2.45, 2.75) is 14.7 Å². The number of aliphatic carboxylic acids is 1. The molecule has 0 saturated heterocycles. The highest BCUT2D eigenvalue weighted by Crippen LogP contribution is 2.32. The van der Waals surface area contributed by atoms with Crippen LogP contribution in [0.3, 0.4) is 0 Å². The Bertz CT molecular complexity index is 1010. The van der Waals surface area contributed by atoms with Gasteiger partial charge >= 0.3 is 5.97 Å². The van der Waals surface area contributed by atoms with Crippen LogP contribution >= 0.6 is 11.6 Å². The lowest BCUT2D eigenvalue weighted by Gasteiger charge is -2.12. The molecule has 0 unspecified atom stereocenters. The SMILES string of the molecule is CS(=O)(=O)c1ccc(S(=O)(=O)c2cc(Cl)ccc2OCC(=O)O)cc1. The van der Waals surface area contributed by atoms with Crippen LogP contribution in [-0.2, 0) is 24.5 Å². The van der Waals surface area contributed by atoms with Crippen molar-refractivity contribution in [2.24, 2.45) is 0 Å². The van der Waals surface area contributed by atoms with Gasteiger partial charge < -0.3 is 9.84 Å². The fourth-order valence-electron chi connectivity index (χ4n) is 1.94. The summed E-state index contributed by atoms with van der Waals surface area (Å²) < 4.78 is 53.5. The normalized spacial score (nSPS) is 11.9. The number of hydrogen-bond acceptors (Lipinski definition) is 6. The minimum absolute atomic E-state index is 0.0279. The molecule has 2 rings (SSSR count). The first kappa shape index (κ1) is 19.2. The number of rotatable bonds is 6. The molecule has 0 aliphatic rings. The largest absolute Gasteiger partial charge is 0.481 e. The molecule has 0 atom stereocenters. The lowest BCUT2D eigenvalue weighted by atomic mass is 10.3. The van der Waals surface area contributed by atoms with Gasteiger partial charge in [0.25, 0.3) is 0 Å². The molecule has 0 amide bonds. The number of carbonyl (C=O) groups is 1. The summed E-state index contributed by atoms with van der Waals surface area (Å²) in [5.74, 6) is -1.44. The number of sulfone groups is 2. The molecular weight excluding hydrogens is 392 g/mol. The van der Waals surface area contributed by atoms with Crippen molar-refractivity contribution in [3.8, 4) is 5.75 Å². The fourth-order valence-corrected chi connectivity index (χ4v) is 4.23. The Morgan fingerprint density at radius 1 is 1.04 bits per heavy atom. The Labute approximate surface area is 149 Å². The second kappa shape index (κ2) is 7.03. The molecule has 0 heterocycles. The molecule has 2 aromatic rings. The first-order valence-corrected chi connectivity index (χ1v) is 10.5. The van der Waals surface area contributed by atoms with E-state index in [1.165, 1.54) is 24.3 Å². The van der Waals surface area contributed by atoms with E-state index in [4.69, 9.17) is 21.4 Å². The van der Waals surface area contributed by atoms with Crippen molar-refractivity contribution in [1.29, 1.82) is 0 Å².